The number of halogens is 4. The molecular weight excluding hydrogens is 339 g/mol. The first-order chi connectivity index (χ1) is 11.3. The standard InChI is InChI=1S/C18H13ClF3NO/c19-14-7-6-11(8-13(14)18(20,21)22)16-15(23)9-12(17(16)24)10-4-2-1-3-5-10/h1-8,12H,9,23H2. The Balaban J connectivity index is 2.01. The van der Waals surface area contributed by atoms with Crippen LogP contribution < -0.4 is 5.73 Å². The zero-order chi connectivity index (χ0) is 17.5. The molecule has 1 atom stereocenters. The molecule has 0 saturated heterocycles. The second kappa shape index (κ2) is 5.98. The van der Waals surface area contributed by atoms with E-state index in [1.54, 1.807) is 12.1 Å². The summed E-state index contributed by atoms with van der Waals surface area (Å²) in [6.45, 7) is 0. The number of benzene rings is 2. The van der Waals surface area contributed by atoms with Gasteiger partial charge in [-0.25, -0.2) is 0 Å². The van der Waals surface area contributed by atoms with E-state index >= 15 is 0 Å². The molecule has 2 aromatic rings. The summed E-state index contributed by atoms with van der Waals surface area (Å²) >= 11 is 5.63. The number of allylic oxidation sites excluding steroid dienone is 2. The smallest absolute Gasteiger partial charge is 0.401 e. The van der Waals surface area contributed by atoms with E-state index in [0.717, 1.165) is 17.7 Å². The molecule has 0 fully saturated rings. The van der Waals surface area contributed by atoms with E-state index in [4.69, 9.17) is 17.3 Å². The Morgan fingerprint density at radius 1 is 1.08 bits per heavy atom. The molecular formula is C18H13ClF3NO. The molecule has 24 heavy (non-hydrogen) atoms. The first kappa shape index (κ1) is 16.6. The molecule has 2 N–H and O–H groups in total. The fourth-order valence-corrected chi connectivity index (χ4v) is 3.15. The molecule has 3 rings (SSSR count). The summed E-state index contributed by atoms with van der Waals surface area (Å²) in [5.74, 6) is -0.736. The number of Topliss-reactive ketones (excluding diaryl/α,β-unsaturated/α-hetero) is 1. The Kier molecular flexibility index (Phi) is 4.13. The summed E-state index contributed by atoms with van der Waals surface area (Å²) in [5.41, 5.74) is 6.38. The summed E-state index contributed by atoms with van der Waals surface area (Å²) in [6.07, 6.45) is -4.30. The fraction of sp³-hybridized carbons (Fsp3) is 0.167. The summed E-state index contributed by atoms with van der Waals surface area (Å²) in [4.78, 5) is 12.7. The van der Waals surface area contributed by atoms with Crippen molar-refractivity contribution in [2.45, 2.75) is 18.5 Å². The van der Waals surface area contributed by atoms with Crippen LogP contribution in [0.25, 0.3) is 5.57 Å². The normalized spacial score (nSPS) is 18.3. The minimum Gasteiger partial charge on any atom is -0.401 e. The van der Waals surface area contributed by atoms with Crippen LogP contribution in [0.1, 0.15) is 29.0 Å². The van der Waals surface area contributed by atoms with Crippen LogP contribution in [-0.2, 0) is 11.0 Å². The Labute approximate surface area is 141 Å². The second-order valence-electron chi connectivity index (χ2n) is 5.62. The molecule has 2 nitrogen and oxygen atoms in total. The number of carbonyl (C=O) groups excluding carboxylic acids is 1. The monoisotopic (exact) mass is 351 g/mol. The minimum absolute atomic E-state index is 0.144. The Morgan fingerprint density at radius 3 is 2.38 bits per heavy atom. The number of alkyl halides is 3. The first-order valence-electron chi connectivity index (χ1n) is 7.24. The highest BCUT2D eigenvalue weighted by Crippen LogP contribution is 2.41. The molecule has 0 aliphatic heterocycles. The molecule has 0 heterocycles. The van der Waals surface area contributed by atoms with Crippen molar-refractivity contribution >= 4 is 23.0 Å². The molecule has 2 aromatic carbocycles. The van der Waals surface area contributed by atoms with Gasteiger partial charge in [0, 0.05) is 17.7 Å². The molecule has 124 valence electrons. The van der Waals surface area contributed by atoms with Crippen molar-refractivity contribution in [3.8, 4) is 0 Å². The highest BCUT2D eigenvalue weighted by Gasteiger charge is 2.37. The van der Waals surface area contributed by atoms with Crippen molar-refractivity contribution in [2.75, 3.05) is 0 Å². The van der Waals surface area contributed by atoms with E-state index in [0.29, 0.717) is 12.1 Å². The lowest BCUT2D eigenvalue weighted by molar-refractivity contribution is -0.137. The predicted molar refractivity (Wildman–Crippen MR) is 86.4 cm³/mol. The predicted octanol–water partition coefficient (Wildman–Crippen LogP) is 4.79. The lowest BCUT2D eigenvalue weighted by Crippen LogP contribution is -2.10. The van der Waals surface area contributed by atoms with E-state index in [1.807, 2.05) is 18.2 Å². The van der Waals surface area contributed by atoms with Crippen LogP contribution in [0.4, 0.5) is 13.2 Å². The molecule has 0 spiro atoms. The van der Waals surface area contributed by atoms with Crippen molar-refractivity contribution in [2.24, 2.45) is 5.73 Å². The van der Waals surface area contributed by atoms with Crippen LogP contribution in [0.15, 0.2) is 54.2 Å². The van der Waals surface area contributed by atoms with Crippen LogP contribution in [-0.4, -0.2) is 5.78 Å². The summed E-state index contributed by atoms with van der Waals surface area (Å²) in [6, 6.07) is 12.5. The summed E-state index contributed by atoms with van der Waals surface area (Å²) in [5, 5.41) is -0.407. The van der Waals surface area contributed by atoms with E-state index in [2.05, 4.69) is 0 Å². The SMILES string of the molecule is NC1=C(c2ccc(Cl)c(C(F)(F)F)c2)C(=O)C(c2ccccc2)C1. The van der Waals surface area contributed by atoms with E-state index < -0.39 is 22.7 Å². The Morgan fingerprint density at radius 2 is 1.75 bits per heavy atom. The number of hydrogen-bond donors (Lipinski definition) is 1. The maximum absolute atomic E-state index is 13.0. The van der Waals surface area contributed by atoms with Gasteiger partial charge in [-0.05, 0) is 23.3 Å². The number of hydrogen-bond acceptors (Lipinski definition) is 2. The van der Waals surface area contributed by atoms with Gasteiger partial charge in [-0.2, -0.15) is 13.2 Å². The maximum atomic E-state index is 13.0. The number of rotatable bonds is 2. The molecule has 0 radical (unpaired) electrons. The molecule has 0 bridgehead atoms. The van der Waals surface area contributed by atoms with Gasteiger partial charge in [0.15, 0.2) is 5.78 Å². The first-order valence-corrected chi connectivity index (χ1v) is 7.61. The quantitative estimate of drug-likeness (QED) is 0.845. The van der Waals surface area contributed by atoms with Crippen molar-refractivity contribution < 1.29 is 18.0 Å². The third-order valence-electron chi connectivity index (χ3n) is 4.07. The molecule has 1 aliphatic carbocycles. The second-order valence-corrected chi connectivity index (χ2v) is 6.03. The highest BCUT2D eigenvalue weighted by atomic mass is 35.5. The Bertz CT molecular complexity index is 828. The van der Waals surface area contributed by atoms with Gasteiger partial charge in [0.2, 0.25) is 0 Å². The van der Waals surface area contributed by atoms with Gasteiger partial charge in [0.25, 0.3) is 0 Å². The molecule has 1 unspecified atom stereocenters. The third kappa shape index (κ3) is 2.91. The summed E-state index contributed by atoms with van der Waals surface area (Å²) in [7, 11) is 0. The van der Waals surface area contributed by atoms with Gasteiger partial charge in [-0.15, -0.1) is 0 Å². The van der Waals surface area contributed by atoms with Gasteiger partial charge < -0.3 is 5.73 Å². The number of nitrogens with two attached hydrogens (primary N) is 1. The molecule has 0 aromatic heterocycles. The summed E-state index contributed by atoms with van der Waals surface area (Å²) < 4.78 is 39.1. The van der Waals surface area contributed by atoms with E-state index in [9.17, 15) is 18.0 Å². The number of ketones is 1. The zero-order valence-electron chi connectivity index (χ0n) is 12.4. The topological polar surface area (TPSA) is 43.1 Å². The van der Waals surface area contributed by atoms with Gasteiger partial charge in [-0.1, -0.05) is 48.0 Å². The molecule has 1 aliphatic rings. The van der Waals surface area contributed by atoms with Crippen molar-refractivity contribution in [1.29, 1.82) is 0 Å². The van der Waals surface area contributed by atoms with Crippen LogP contribution in [0.2, 0.25) is 5.02 Å². The average molecular weight is 352 g/mol. The fourth-order valence-electron chi connectivity index (χ4n) is 2.93. The van der Waals surface area contributed by atoms with Crippen molar-refractivity contribution in [3.05, 3.63) is 75.9 Å². The van der Waals surface area contributed by atoms with Crippen molar-refractivity contribution in [3.63, 3.8) is 0 Å². The van der Waals surface area contributed by atoms with E-state index in [1.165, 1.54) is 6.07 Å². The molecule has 0 amide bonds. The third-order valence-corrected chi connectivity index (χ3v) is 4.40. The van der Waals surface area contributed by atoms with Gasteiger partial charge in [0.05, 0.1) is 16.5 Å². The van der Waals surface area contributed by atoms with Crippen molar-refractivity contribution in [1.82, 2.24) is 0 Å². The van der Waals surface area contributed by atoms with Gasteiger partial charge >= 0.3 is 6.18 Å². The highest BCUT2D eigenvalue weighted by molar-refractivity contribution is 6.32. The van der Waals surface area contributed by atoms with Crippen LogP contribution in [0.3, 0.4) is 0 Å². The largest absolute Gasteiger partial charge is 0.417 e. The van der Waals surface area contributed by atoms with E-state index in [-0.39, 0.29) is 16.9 Å². The minimum atomic E-state index is -4.59. The average Bonchev–Trinajstić information content (AvgIpc) is 2.83. The lowest BCUT2D eigenvalue weighted by Gasteiger charge is -2.12. The van der Waals surface area contributed by atoms with Gasteiger partial charge in [-0.3, -0.25) is 4.79 Å². The maximum Gasteiger partial charge on any atom is 0.417 e. The Hall–Kier alpha value is -2.27. The van der Waals surface area contributed by atoms with Crippen LogP contribution >= 0.6 is 11.6 Å². The van der Waals surface area contributed by atoms with Gasteiger partial charge in [0.1, 0.15) is 0 Å². The number of carbonyl (C=O) groups is 1. The van der Waals surface area contributed by atoms with Crippen LogP contribution in [0, 0.1) is 0 Å². The van der Waals surface area contributed by atoms with Crippen LogP contribution in [0.5, 0.6) is 0 Å². The molecule has 0 saturated carbocycles. The molecule has 6 heteroatoms. The lowest BCUT2D eigenvalue weighted by atomic mass is 9.92. The zero-order valence-corrected chi connectivity index (χ0v) is 13.2.